The van der Waals surface area contributed by atoms with E-state index in [0.717, 1.165) is 5.56 Å². The molecule has 0 heterocycles. The summed E-state index contributed by atoms with van der Waals surface area (Å²) in [6.07, 6.45) is 6.65. The van der Waals surface area contributed by atoms with Crippen molar-refractivity contribution in [2.24, 2.45) is 22.2 Å². The first kappa shape index (κ1) is 12.9. The summed E-state index contributed by atoms with van der Waals surface area (Å²) >= 11 is 0. The molecule has 0 aliphatic heterocycles. The molecular formula is C15H19NO2S. The molecule has 2 saturated carbocycles. The van der Waals surface area contributed by atoms with Crippen molar-refractivity contribution in [2.75, 3.05) is 0 Å². The minimum absolute atomic E-state index is 0.291. The van der Waals surface area contributed by atoms with Crippen molar-refractivity contribution in [3.05, 3.63) is 29.8 Å². The smallest absolute Gasteiger partial charge is 0.199 e. The maximum absolute atomic E-state index is 12.1. The number of hydrogen-bond acceptors (Lipinski definition) is 2. The van der Waals surface area contributed by atoms with E-state index in [1.165, 1.54) is 25.7 Å². The number of sulfonamides is 1. The third kappa shape index (κ3) is 3.06. The fourth-order valence-corrected chi connectivity index (χ4v) is 3.41. The predicted octanol–water partition coefficient (Wildman–Crippen LogP) is 3.19. The highest BCUT2D eigenvalue weighted by Gasteiger charge is 2.40. The molecule has 2 aliphatic carbocycles. The standard InChI is InChI=1S/C15H19NO2S/c1-11-2-8-14(9-3-11)19(17,18)16-10-15(12-4-5-12)13-6-7-13/h2-3,8-10,12-13,15H,4-7H2,1H3/b16-10+. The fraction of sp³-hybridized carbons (Fsp3) is 0.533. The van der Waals surface area contributed by atoms with Gasteiger partial charge in [0, 0.05) is 12.1 Å². The zero-order valence-electron chi connectivity index (χ0n) is 11.1. The molecule has 0 saturated heterocycles. The lowest BCUT2D eigenvalue weighted by molar-refractivity contribution is 0.544. The largest absolute Gasteiger partial charge is 0.281 e. The lowest BCUT2D eigenvalue weighted by atomic mass is 10.00. The Bertz CT molecular complexity index is 569. The van der Waals surface area contributed by atoms with Crippen molar-refractivity contribution < 1.29 is 8.42 Å². The minimum Gasteiger partial charge on any atom is -0.199 e. The van der Waals surface area contributed by atoms with Crippen LogP contribution in [0.15, 0.2) is 33.6 Å². The molecule has 0 aromatic heterocycles. The number of benzene rings is 1. The van der Waals surface area contributed by atoms with Crippen molar-refractivity contribution in [1.82, 2.24) is 0 Å². The molecule has 4 heteroatoms. The molecule has 0 N–H and O–H groups in total. The molecule has 0 bridgehead atoms. The lowest BCUT2D eigenvalue weighted by Crippen LogP contribution is -2.09. The first-order chi connectivity index (χ1) is 9.06. The molecule has 0 atom stereocenters. The summed E-state index contributed by atoms with van der Waals surface area (Å²) in [5.74, 6) is 1.76. The topological polar surface area (TPSA) is 46.5 Å². The van der Waals surface area contributed by atoms with E-state index in [4.69, 9.17) is 0 Å². The molecule has 3 rings (SSSR count). The van der Waals surface area contributed by atoms with E-state index in [1.807, 2.05) is 19.1 Å². The Labute approximate surface area is 114 Å². The molecule has 0 amide bonds. The molecule has 102 valence electrons. The van der Waals surface area contributed by atoms with E-state index in [9.17, 15) is 8.42 Å². The van der Waals surface area contributed by atoms with Crippen LogP contribution in [-0.4, -0.2) is 14.6 Å². The van der Waals surface area contributed by atoms with Crippen LogP contribution < -0.4 is 0 Å². The van der Waals surface area contributed by atoms with Gasteiger partial charge in [-0.2, -0.15) is 12.8 Å². The van der Waals surface area contributed by atoms with Gasteiger partial charge in [0.1, 0.15) is 0 Å². The Morgan fingerprint density at radius 2 is 1.63 bits per heavy atom. The van der Waals surface area contributed by atoms with Crippen LogP contribution in [0.1, 0.15) is 31.2 Å². The van der Waals surface area contributed by atoms with Crippen molar-refractivity contribution in [3.8, 4) is 0 Å². The zero-order valence-corrected chi connectivity index (χ0v) is 11.9. The molecule has 2 fully saturated rings. The normalized spacial score (nSPS) is 20.3. The Hall–Kier alpha value is -1.16. The number of rotatable bonds is 5. The Morgan fingerprint density at radius 1 is 1.11 bits per heavy atom. The molecule has 3 nitrogen and oxygen atoms in total. The van der Waals surface area contributed by atoms with Crippen LogP contribution >= 0.6 is 0 Å². The van der Waals surface area contributed by atoms with Gasteiger partial charge in [-0.05, 0) is 56.6 Å². The molecule has 19 heavy (non-hydrogen) atoms. The molecule has 0 radical (unpaired) electrons. The summed E-state index contributed by atoms with van der Waals surface area (Å²) in [7, 11) is -3.51. The van der Waals surface area contributed by atoms with E-state index in [0.29, 0.717) is 22.6 Å². The quantitative estimate of drug-likeness (QED) is 0.776. The second kappa shape index (κ2) is 4.75. The first-order valence-corrected chi connectivity index (χ1v) is 8.37. The summed E-state index contributed by atoms with van der Waals surface area (Å²) in [5.41, 5.74) is 1.05. The maximum atomic E-state index is 12.1. The summed E-state index contributed by atoms with van der Waals surface area (Å²) in [5, 5.41) is 0. The van der Waals surface area contributed by atoms with E-state index < -0.39 is 10.0 Å². The van der Waals surface area contributed by atoms with Crippen LogP contribution in [0, 0.1) is 24.7 Å². The monoisotopic (exact) mass is 277 g/mol. The van der Waals surface area contributed by atoms with Crippen LogP contribution in [0.5, 0.6) is 0 Å². The van der Waals surface area contributed by atoms with Crippen LogP contribution in [0.4, 0.5) is 0 Å². The van der Waals surface area contributed by atoms with Gasteiger partial charge in [0.05, 0.1) is 4.90 Å². The van der Waals surface area contributed by atoms with Gasteiger partial charge in [-0.15, -0.1) is 0 Å². The average molecular weight is 277 g/mol. The molecule has 0 spiro atoms. The first-order valence-electron chi connectivity index (χ1n) is 6.93. The molecule has 2 aliphatic rings. The van der Waals surface area contributed by atoms with Crippen molar-refractivity contribution in [3.63, 3.8) is 0 Å². The minimum atomic E-state index is -3.51. The van der Waals surface area contributed by atoms with Gasteiger partial charge in [-0.1, -0.05) is 17.7 Å². The van der Waals surface area contributed by atoms with Gasteiger partial charge in [0.15, 0.2) is 0 Å². The zero-order chi connectivity index (χ0) is 13.5. The van der Waals surface area contributed by atoms with E-state index >= 15 is 0 Å². The van der Waals surface area contributed by atoms with Crippen LogP contribution in [0.25, 0.3) is 0 Å². The molecule has 0 unspecified atom stereocenters. The number of aryl methyl sites for hydroxylation is 1. The summed E-state index contributed by atoms with van der Waals surface area (Å²) in [4.78, 5) is 0.291. The molecule has 1 aromatic rings. The van der Waals surface area contributed by atoms with Crippen LogP contribution in [0.3, 0.4) is 0 Å². The number of nitrogens with zero attached hydrogens (tertiary/aromatic N) is 1. The Kier molecular flexibility index (Phi) is 3.21. The van der Waals surface area contributed by atoms with Gasteiger partial charge >= 0.3 is 0 Å². The third-order valence-corrected chi connectivity index (χ3v) is 5.29. The Morgan fingerprint density at radius 3 is 2.11 bits per heavy atom. The summed E-state index contributed by atoms with van der Waals surface area (Å²) < 4.78 is 28.2. The van der Waals surface area contributed by atoms with Gasteiger partial charge in [0.2, 0.25) is 0 Å². The SMILES string of the molecule is Cc1ccc(S(=O)(=O)/N=C/C(C2CC2)C2CC2)cc1. The average Bonchev–Trinajstić information content (AvgIpc) is 3.24. The van der Waals surface area contributed by atoms with Gasteiger partial charge in [0.25, 0.3) is 10.0 Å². The lowest BCUT2D eigenvalue weighted by Gasteiger charge is -2.08. The van der Waals surface area contributed by atoms with Crippen molar-refractivity contribution in [1.29, 1.82) is 0 Å². The third-order valence-electron chi connectivity index (χ3n) is 4.02. The maximum Gasteiger partial charge on any atom is 0.281 e. The second-order valence-electron chi connectivity index (χ2n) is 5.79. The van der Waals surface area contributed by atoms with Crippen molar-refractivity contribution in [2.45, 2.75) is 37.5 Å². The summed E-state index contributed by atoms with van der Waals surface area (Å²) in [6, 6.07) is 6.87. The van der Waals surface area contributed by atoms with E-state index in [2.05, 4.69) is 4.40 Å². The molecule has 1 aromatic carbocycles. The van der Waals surface area contributed by atoms with E-state index in [1.54, 1.807) is 18.3 Å². The number of hydrogen-bond donors (Lipinski definition) is 0. The molecular weight excluding hydrogens is 258 g/mol. The van der Waals surface area contributed by atoms with Crippen LogP contribution in [-0.2, 0) is 10.0 Å². The predicted molar refractivity (Wildman–Crippen MR) is 75.8 cm³/mol. The van der Waals surface area contributed by atoms with Gasteiger partial charge < -0.3 is 0 Å². The fourth-order valence-electron chi connectivity index (χ4n) is 2.51. The highest BCUT2D eigenvalue weighted by atomic mass is 32.2. The Balaban J connectivity index is 1.78. The van der Waals surface area contributed by atoms with E-state index in [-0.39, 0.29) is 0 Å². The van der Waals surface area contributed by atoms with Gasteiger partial charge in [-0.25, -0.2) is 0 Å². The van der Waals surface area contributed by atoms with Gasteiger partial charge in [-0.3, -0.25) is 0 Å². The highest BCUT2D eigenvalue weighted by Crippen LogP contribution is 2.48. The summed E-state index contributed by atoms with van der Waals surface area (Å²) in [6.45, 7) is 1.94. The van der Waals surface area contributed by atoms with Crippen molar-refractivity contribution >= 4 is 16.2 Å². The van der Waals surface area contributed by atoms with Crippen LogP contribution in [0.2, 0.25) is 0 Å². The highest BCUT2D eigenvalue weighted by molar-refractivity contribution is 7.90. The second-order valence-corrected chi connectivity index (χ2v) is 7.43.